The van der Waals surface area contributed by atoms with Gasteiger partial charge in [-0.1, -0.05) is 32.5 Å². The Morgan fingerprint density at radius 3 is 2.71 bits per heavy atom. The lowest BCUT2D eigenvalue weighted by Gasteiger charge is -2.16. The van der Waals surface area contributed by atoms with Crippen LogP contribution in [0.2, 0.25) is 0 Å². The molecule has 0 aliphatic heterocycles. The first-order valence-corrected chi connectivity index (χ1v) is 8.19. The van der Waals surface area contributed by atoms with Gasteiger partial charge < -0.3 is 11.2 Å². The number of hydrogen-bond donors (Lipinski definition) is 2. The normalized spacial score (nSPS) is 11.6. The molecule has 7 nitrogen and oxygen atoms in total. The largest absolute Gasteiger partial charge is 0.336 e. The van der Waals surface area contributed by atoms with Crippen molar-refractivity contribution >= 4 is 34.1 Å². The minimum atomic E-state index is -0.193. The summed E-state index contributed by atoms with van der Waals surface area (Å²) in [6, 6.07) is 0. The van der Waals surface area contributed by atoms with Gasteiger partial charge in [0.1, 0.15) is 0 Å². The van der Waals surface area contributed by atoms with Crippen LogP contribution in [-0.2, 0) is 10.2 Å². The molecule has 0 spiro atoms. The van der Waals surface area contributed by atoms with Gasteiger partial charge in [-0.3, -0.25) is 4.79 Å². The van der Waals surface area contributed by atoms with Crippen LogP contribution in [0.25, 0.3) is 0 Å². The minimum Gasteiger partial charge on any atom is -0.336 e. The number of hydrogen-bond acceptors (Lipinski definition) is 7. The molecule has 2 aromatic heterocycles. The van der Waals surface area contributed by atoms with Crippen molar-refractivity contribution in [2.45, 2.75) is 38.3 Å². The van der Waals surface area contributed by atoms with E-state index in [9.17, 15) is 4.79 Å². The zero-order valence-corrected chi connectivity index (χ0v) is 14.0. The third kappa shape index (κ3) is 3.94. The summed E-state index contributed by atoms with van der Waals surface area (Å²) in [5, 5.41) is 13.8. The van der Waals surface area contributed by atoms with Crippen molar-refractivity contribution in [1.29, 1.82) is 0 Å². The highest BCUT2D eigenvalue weighted by atomic mass is 32.2. The van der Waals surface area contributed by atoms with E-state index in [2.05, 4.69) is 20.5 Å². The van der Waals surface area contributed by atoms with E-state index in [0.717, 1.165) is 5.69 Å². The fourth-order valence-corrected chi connectivity index (χ4v) is 2.94. The number of nitrogens with two attached hydrogens (primary N) is 1. The van der Waals surface area contributed by atoms with Crippen LogP contribution in [-0.4, -0.2) is 31.5 Å². The molecule has 0 atom stereocenters. The van der Waals surface area contributed by atoms with Crippen LogP contribution in [0, 0.1) is 6.92 Å². The third-order valence-electron chi connectivity index (χ3n) is 2.53. The van der Waals surface area contributed by atoms with Gasteiger partial charge in [0.2, 0.25) is 11.1 Å². The van der Waals surface area contributed by atoms with Crippen molar-refractivity contribution in [3.63, 3.8) is 0 Å². The second-order valence-electron chi connectivity index (χ2n) is 5.56. The Morgan fingerprint density at radius 2 is 2.19 bits per heavy atom. The Hall–Kier alpha value is -1.61. The lowest BCUT2D eigenvalue weighted by Crippen LogP contribution is -2.24. The van der Waals surface area contributed by atoms with Gasteiger partial charge in [-0.2, -0.15) is 0 Å². The fourth-order valence-electron chi connectivity index (χ4n) is 1.58. The Kier molecular flexibility index (Phi) is 4.52. The number of carbonyl (C=O) groups excluding carboxylic acids is 1. The molecule has 0 aromatic carbocycles. The number of nitrogen functional groups attached to an aromatic ring is 1. The van der Waals surface area contributed by atoms with E-state index in [4.69, 9.17) is 5.84 Å². The van der Waals surface area contributed by atoms with Gasteiger partial charge in [-0.15, -0.1) is 21.5 Å². The average Bonchev–Trinajstić information content (AvgIpc) is 2.92. The van der Waals surface area contributed by atoms with Crippen molar-refractivity contribution in [2.75, 3.05) is 16.9 Å². The monoisotopic (exact) mass is 326 g/mol. The lowest BCUT2D eigenvalue weighted by molar-refractivity contribution is -0.113. The molecule has 0 bridgehead atoms. The highest BCUT2D eigenvalue weighted by Gasteiger charge is 2.23. The summed E-state index contributed by atoms with van der Waals surface area (Å²) in [5.74, 6) is 6.70. The van der Waals surface area contributed by atoms with Crippen molar-refractivity contribution in [1.82, 2.24) is 19.9 Å². The first-order chi connectivity index (χ1) is 9.77. The molecule has 2 aromatic rings. The smallest absolute Gasteiger partial charge is 0.236 e. The number of amides is 1. The number of thioether (sulfide) groups is 1. The Labute approximate surface area is 131 Å². The highest BCUT2D eigenvalue weighted by molar-refractivity contribution is 7.99. The maximum Gasteiger partial charge on any atom is 0.236 e. The van der Waals surface area contributed by atoms with Crippen LogP contribution < -0.4 is 11.2 Å². The van der Waals surface area contributed by atoms with Crippen LogP contribution in [0.4, 0.5) is 5.13 Å². The van der Waals surface area contributed by atoms with Crippen molar-refractivity contribution < 1.29 is 4.79 Å². The maximum atomic E-state index is 11.8. The van der Waals surface area contributed by atoms with Gasteiger partial charge in [0.15, 0.2) is 11.0 Å². The molecule has 0 unspecified atom stereocenters. The number of nitrogens with one attached hydrogen (secondary N) is 1. The second kappa shape index (κ2) is 6.02. The molecule has 2 rings (SSSR count). The molecule has 3 N–H and O–H groups in total. The van der Waals surface area contributed by atoms with Gasteiger partial charge in [0.25, 0.3) is 0 Å². The zero-order valence-electron chi connectivity index (χ0n) is 12.4. The molecule has 9 heteroatoms. The van der Waals surface area contributed by atoms with Crippen molar-refractivity contribution in [3.8, 4) is 0 Å². The average molecular weight is 326 g/mol. The molecule has 0 saturated carbocycles. The number of aryl methyl sites for hydroxylation is 1. The Balaban J connectivity index is 1.94. The van der Waals surface area contributed by atoms with E-state index in [-0.39, 0.29) is 17.1 Å². The summed E-state index contributed by atoms with van der Waals surface area (Å²) < 4.78 is 1.44. The summed E-state index contributed by atoms with van der Waals surface area (Å²) in [6.07, 6.45) is 0. The van der Waals surface area contributed by atoms with Gasteiger partial charge in [-0.25, -0.2) is 9.66 Å². The number of thiazole rings is 1. The zero-order chi connectivity index (χ0) is 15.6. The maximum absolute atomic E-state index is 11.8. The van der Waals surface area contributed by atoms with E-state index in [1.54, 1.807) is 0 Å². The molecule has 2 heterocycles. The van der Waals surface area contributed by atoms with Crippen LogP contribution in [0.5, 0.6) is 0 Å². The number of aromatic nitrogens is 4. The molecule has 0 aliphatic carbocycles. The predicted molar refractivity (Wildman–Crippen MR) is 85.1 cm³/mol. The van der Waals surface area contributed by atoms with Crippen LogP contribution in [0.1, 0.15) is 32.3 Å². The van der Waals surface area contributed by atoms with E-state index >= 15 is 0 Å². The highest BCUT2D eigenvalue weighted by Crippen LogP contribution is 2.23. The quantitative estimate of drug-likeness (QED) is 0.656. The predicted octanol–water partition coefficient (Wildman–Crippen LogP) is 1.79. The van der Waals surface area contributed by atoms with Crippen LogP contribution >= 0.6 is 23.1 Å². The van der Waals surface area contributed by atoms with E-state index < -0.39 is 0 Å². The van der Waals surface area contributed by atoms with Crippen LogP contribution in [0.3, 0.4) is 0 Å². The van der Waals surface area contributed by atoms with E-state index in [1.165, 1.54) is 27.8 Å². The first kappa shape index (κ1) is 15.8. The summed E-state index contributed by atoms with van der Waals surface area (Å²) in [7, 11) is 0. The summed E-state index contributed by atoms with van der Waals surface area (Å²) in [5.41, 5.74) is 0.695. The third-order valence-corrected chi connectivity index (χ3v) is 4.35. The number of nitrogens with zero attached hydrogens (tertiary/aromatic N) is 4. The molecule has 0 saturated heterocycles. The van der Waals surface area contributed by atoms with Crippen molar-refractivity contribution in [3.05, 3.63) is 16.9 Å². The lowest BCUT2D eigenvalue weighted by atomic mass is 9.96. The Morgan fingerprint density at radius 1 is 1.48 bits per heavy atom. The SMILES string of the molecule is Cc1csc(NC(=O)CSc2nnc(C(C)(C)C)n2N)n1. The van der Waals surface area contributed by atoms with Gasteiger partial charge in [-0.05, 0) is 6.92 Å². The van der Waals surface area contributed by atoms with Crippen LogP contribution in [0.15, 0.2) is 10.5 Å². The summed E-state index contributed by atoms with van der Waals surface area (Å²) >= 11 is 2.65. The van der Waals surface area contributed by atoms with E-state index in [1.807, 2.05) is 33.1 Å². The molecule has 1 amide bonds. The molecule has 0 radical (unpaired) electrons. The van der Waals surface area contributed by atoms with E-state index in [0.29, 0.717) is 16.1 Å². The number of anilines is 1. The molecular formula is C12H18N6OS2. The summed E-state index contributed by atoms with van der Waals surface area (Å²) in [4.78, 5) is 16.0. The second-order valence-corrected chi connectivity index (χ2v) is 7.36. The molecular weight excluding hydrogens is 308 g/mol. The van der Waals surface area contributed by atoms with Gasteiger partial charge in [0, 0.05) is 10.8 Å². The Bertz CT molecular complexity index is 642. The van der Waals surface area contributed by atoms with Gasteiger partial charge in [0.05, 0.1) is 11.4 Å². The molecule has 114 valence electrons. The van der Waals surface area contributed by atoms with Gasteiger partial charge >= 0.3 is 0 Å². The standard InChI is InChI=1S/C12H18N6OS2/c1-7-5-20-10(14-7)15-8(19)6-21-11-17-16-9(18(11)13)12(2,3)4/h5H,6,13H2,1-4H3,(H,14,15,19). The minimum absolute atomic E-state index is 0.144. The molecule has 21 heavy (non-hydrogen) atoms. The van der Waals surface area contributed by atoms with Crippen molar-refractivity contribution in [2.24, 2.45) is 0 Å². The molecule has 0 aliphatic rings. The number of carbonyl (C=O) groups is 1. The molecule has 0 fully saturated rings. The topological polar surface area (TPSA) is 98.7 Å². The first-order valence-electron chi connectivity index (χ1n) is 6.33. The summed E-state index contributed by atoms with van der Waals surface area (Å²) in [6.45, 7) is 7.90. The number of rotatable bonds is 4. The fraction of sp³-hybridized carbons (Fsp3) is 0.500.